The summed E-state index contributed by atoms with van der Waals surface area (Å²) >= 11 is 0. The lowest BCUT2D eigenvalue weighted by atomic mass is 9.95. The third-order valence-corrected chi connectivity index (χ3v) is 6.13. The number of anilines is 2. The van der Waals surface area contributed by atoms with Crippen LogP contribution in [0, 0.1) is 5.92 Å². The Morgan fingerprint density at radius 3 is 2.64 bits per heavy atom. The van der Waals surface area contributed by atoms with Gasteiger partial charge in [-0.05, 0) is 18.2 Å². The molecule has 5 rings (SSSR count). The monoisotopic (exact) mass is 474 g/mol. The van der Waals surface area contributed by atoms with E-state index in [0.717, 1.165) is 43.2 Å². The van der Waals surface area contributed by atoms with Crippen LogP contribution >= 0.6 is 13.5 Å². The first-order chi connectivity index (χ1) is 15.6. The Bertz CT molecular complexity index is 1080. The van der Waals surface area contributed by atoms with Gasteiger partial charge in [0.2, 0.25) is 0 Å². The molecule has 0 bridgehead atoms. The molecule has 2 aromatic heterocycles. The van der Waals surface area contributed by atoms with Crippen molar-refractivity contribution in [2.45, 2.75) is 12.3 Å². The lowest BCUT2D eigenvalue weighted by Gasteiger charge is -2.32. The summed E-state index contributed by atoms with van der Waals surface area (Å²) in [5, 5.41) is 6.18. The van der Waals surface area contributed by atoms with Gasteiger partial charge in [-0.3, -0.25) is 4.98 Å². The fourth-order valence-corrected chi connectivity index (χ4v) is 4.23. The molecule has 0 aliphatic carbocycles. The van der Waals surface area contributed by atoms with Crippen LogP contribution in [-0.4, -0.2) is 66.8 Å². The molecular formula is C23H28F2N6OS. The first kappa shape index (κ1) is 23.6. The van der Waals surface area contributed by atoms with Gasteiger partial charge in [-0.1, -0.05) is 12.1 Å². The molecule has 0 spiro atoms. The molecule has 7 nitrogen and oxygen atoms in total. The third kappa shape index (κ3) is 5.18. The minimum Gasteiger partial charge on any atom is -0.378 e. The molecule has 1 aromatic carbocycles. The molecule has 0 radical (unpaired) electrons. The smallest absolute Gasteiger partial charge is 0.255 e. The number of morpholine rings is 1. The number of aromatic nitrogens is 3. The maximum absolute atomic E-state index is 14.3. The number of pyridine rings is 1. The van der Waals surface area contributed by atoms with E-state index in [1.54, 1.807) is 12.4 Å². The zero-order chi connectivity index (χ0) is 22.0. The Kier molecular flexibility index (Phi) is 7.26. The molecule has 2 aliphatic rings. The van der Waals surface area contributed by atoms with Crippen molar-refractivity contribution in [2.24, 2.45) is 5.92 Å². The summed E-state index contributed by atoms with van der Waals surface area (Å²) in [7, 11) is 0. The number of hydrogen-bond donors (Lipinski definition) is 2. The molecule has 0 amide bonds. The summed E-state index contributed by atoms with van der Waals surface area (Å²) in [5.41, 5.74) is 4.05. The van der Waals surface area contributed by atoms with Gasteiger partial charge in [-0.25, -0.2) is 18.7 Å². The molecule has 176 valence electrons. The molecule has 2 saturated heterocycles. The quantitative estimate of drug-likeness (QED) is 0.588. The van der Waals surface area contributed by atoms with Gasteiger partial charge in [0.05, 0.1) is 30.3 Å². The van der Waals surface area contributed by atoms with Crippen LogP contribution < -0.4 is 15.5 Å². The van der Waals surface area contributed by atoms with Crippen LogP contribution in [0.25, 0.3) is 22.3 Å². The van der Waals surface area contributed by atoms with E-state index in [9.17, 15) is 8.78 Å². The van der Waals surface area contributed by atoms with Crippen molar-refractivity contribution < 1.29 is 13.5 Å². The number of ether oxygens (including phenoxy) is 1. The van der Waals surface area contributed by atoms with E-state index in [2.05, 4.69) is 37.6 Å². The van der Waals surface area contributed by atoms with Gasteiger partial charge in [0, 0.05) is 62.8 Å². The summed E-state index contributed by atoms with van der Waals surface area (Å²) in [6.45, 7) is 3.93. The fraction of sp³-hybridized carbons (Fsp3) is 0.435. The number of nitrogens with one attached hydrogen (secondary N) is 2. The molecule has 2 aliphatic heterocycles. The van der Waals surface area contributed by atoms with Gasteiger partial charge < -0.3 is 20.3 Å². The molecular weight excluding hydrogens is 446 g/mol. The van der Waals surface area contributed by atoms with Gasteiger partial charge in [-0.15, -0.1) is 0 Å². The zero-order valence-electron chi connectivity index (χ0n) is 18.2. The van der Waals surface area contributed by atoms with Crippen molar-refractivity contribution >= 4 is 36.0 Å². The van der Waals surface area contributed by atoms with Crippen molar-refractivity contribution in [2.75, 3.05) is 56.2 Å². The molecule has 10 heteroatoms. The zero-order valence-corrected chi connectivity index (χ0v) is 19.2. The van der Waals surface area contributed by atoms with Crippen molar-refractivity contribution in [3.05, 3.63) is 42.7 Å². The van der Waals surface area contributed by atoms with Crippen LogP contribution in [-0.2, 0) is 4.74 Å². The minimum atomic E-state index is -2.70. The lowest BCUT2D eigenvalue weighted by Crippen LogP contribution is -2.47. The Balaban J connectivity index is 0.00000259. The van der Waals surface area contributed by atoms with Gasteiger partial charge in [0.1, 0.15) is 5.52 Å². The van der Waals surface area contributed by atoms with Crippen LogP contribution in [0.15, 0.2) is 42.7 Å². The molecule has 0 unspecified atom stereocenters. The summed E-state index contributed by atoms with van der Waals surface area (Å²) in [5.74, 6) is -3.03. The second-order valence-electron chi connectivity index (χ2n) is 8.22. The molecule has 1 atom stereocenters. The number of fused-ring (bicyclic) bond motifs is 1. The number of hydrogen-bond acceptors (Lipinski definition) is 7. The predicted molar refractivity (Wildman–Crippen MR) is 131 cm³/mol. The van der Waals surface area contributed by atoms with Crippen molar-refractivity contribution in [3.8, 4) is 11.3 Å². The second-order valence-corrected chi connectivity index (χ2v) is 8.22. The van der Waals surface area contributed by atoms with E-state index in [4.69, 9.17) is 9.72 Å². The number of halogens is 2. The van der Waals surface area contributed by atoms with Crippen LogP contribution in [0.1, 0.15) is 6.42 Å². The summed E-state index contributed by atoms with van der Waals surface area (Å²) in [6.07, 6.45) is 3.06. The number of rotatable bonds is 5. The second kappa shape index (κ2) is 10.1. The van der Waals surface area contributed by atoms with Gasteiger partial charge in [0.15, 0.2) is 5.82 Å². The van der Waals surface area contributed by atoms with Crippen molar-refractivity contribution in [3.63, 3.8) is 0 Å². The Morgan fingerprint density at radius 2 is 1.88 bits per heavy atom. The van der Waals surface area contributed by atoms with Crippen molar-refractivity contribution in [1.29, 1.82) is 0 Å². The van der Waals surface area contributed by atoms with Gasteiger partial charge in [0.25, 0.3) is 5.92 Å². The SMILES string of the molecule is FC1(F)CCNC[C@H]1CNc1nc(-c2ccc(N3CCOCC3)cc2)cc2nccnc12.S. The van der Waals surface area contributed by atoms with E-state index >= 15 is 0 Å². The highest BCUT2D eigenvalue weighted by atomic mass is 32.1. The highest BCUT2D eigenvalue weighted by Gasteiger charge is 2.41. The highest BCUT2D eigenvalue weighted by molar-refractivity contribution is 7.59. The molecule has 33 heavy (non-hydrogen) atoms. The average molecular weight is 475 g/mol. The van der Waals surface area contributed by atoms with Crippen LogP contribution in [0.5, 0.6) is 0 Å². The summed E-state index contributed by atoms with van der Waals surface area (Å²) in [6, 6.07) is 10.1. The Morgan fingerprint density at radius 1 is 1.12 bits per heavy atom. The molecule has 4 heterocycles. The first-order valence-corrected chi connectivity index (χ1v) is 11.0. The number of piperidine rings is 1. The van der Waals surface area contributed by atoms with Gasteiger partial charge >= 0.3 is 0 Å². The molecule has 0 saturated carbocycles. The van der Waals surface area contributed by atoms with E-state index in [1.807, 2.05) is 18.2 Å². The van der Waals surface area contributed by atoms with E-state index in [0.29, 0.717) is 23.4 Å². The Labute approximate surface area is 198 Å². The number of benzene rings is 1. The normalized spacial score (nSPS) is 20.3. The van der Waals surface area contributed by atoms with E-state index in [-0.39, 0.29) is 33.0 Å². The maximum Gasteiger partial charge on any atom is 0.255 e. The number of alkyl halides is 2. The molecule has 2 fully saturated rings. The molecule has 2 N–H and O–H groups in total. The van der Waals surface area contributed by atoms with E-state index < -0.39 is 11.8 Å². The predicted octanol–water partition coefficient (Wildman–Crippen LogP) is 3.30. The number of nitrogens with zero attached hydrogens (tertiary/aromatic N) is 4. The van der Waals surface area contributed by atoms with Crippen LogP contribution in [0.3, 0.4) is 0 Å². The fourth-order valence-electron chi connectivity index (χ4n) is 4.23. The van der Waals surface area contributed by atoms with Crippen LogP contribution in [0.2, 0.25) is 0 Å². The summed E-state index contributed by atoms with van der Waals surface area (Å²) < 4.78 is 34.0. The molecule has 3 aromatic rings. The topological polar surface area (TPSA) is 75.2 Å². The average Bonchev–Trinajstić information content (AvgIpc) is 2.83. The first-order valence-electron chi connectivity index (χ1n) is 11.0. The lowest BCUT2D eigenvalue weighted by molar-refractivity contribution is -0.0728. The largest absolute Gasteiger partial charge is 0.378 e. The minimum absolute atomic E-state index is 0. The van der Waals surface area contributed by atoms with Crippen LogP contribution in [0.4, 0.5) is 20.3 Å². The highest BCUT2D eigenvalue weighted by Crippen LogP contribution is 2.32. The van der Waals surface area contributed by atoms with Crippen molar-refractivity contribution in [1.82, 2.24) is 20.3 Å². The van der Waals surface area contributed by atoms with E-state index in [1.165, 1.54) is 0 Å². The Hall–Kier alpha value is -2.56. The third-order valence-electron chi connectivity index (χ3n) is 6.13. The maximum atomic E-state index is 14.3. The standard InChI is InChI=1S/C23H26F2N6O.H2S/c24-23(25)5-6-26-14-17(23)15-29-22-21-20(27-7-8-28-21)13-19(30-22)16-1-3-18(4-2-16)31-9-11-32-12-10-31;/h1-4,7-8,13,17,26H,5-6,9-12,14-15H2,(H,29,30);1H2/t17-;/m0./s1. The summed E-state index contributed by atoms with van der Waals surface area (Å²) in [4.78, 5) is 15.8. The van der Waals surface area contributed by atoms with Gasteiger partial charge in [-0.2, -0.15) is 13.5 Å².